The molecule has 7 nitrogen and oxygen atoms in total. The summed E-state index contributed by atoms with van der Waals surface area (Å²) >= 11 is 0. The summed E-state index contributed by atoms with van der Waals surface area (Å²) in [6.07, 6.45) is 1.63. The molecule has 1 aromatic carbocycles. The number of halogens is 1. The van der Waals surface area contributed by atoms with Gasteiger partial charge in [-0.05, 0) is 31.0 Å². The molecule has 1 saturated heterocycles. The van der Waals surface area contributed by atoms with Gasteiger partial charge in [0.05, 0.1) is 19.3 Å². The number of hydrogen-bond acceptors (Lipinski definition) is 5. The third-order valence-electron chi connectivity index (χ3n) is 4.75. The van der Waals surface area contributed by atoms with Gasteiger partial charge in [0.15, 0.2) is 5.96 Å². The number of hydrogen-bond donors (Lipinski definition) is 1. The number of methoxy groups -OCH3 is 1. The van der Waals surface area contributed by atoms with Crippen LogP contribution in [-0.2, 0) is 13.1 Å². The molecule has 2 heterocycles. The number of aryl methyl sites for hydroxylation is 1. The Bertz CT molecular complexity index is 743. The van der Waals surface area contributed by atoms with Crippen LogP contribution >= 0.6 is 24.0 Å². The molecule has 0 amide bonds. The second-order valence-electron chi connectivity index (χ2n) is 6.73. The molecule has 0 radical (unpaired) electrons. The van der Waals surface area contributed by atoms with E-state index >= 15 is 0 Å². The number of nitrogens with one attached hydrogen (secondary N) is 1. The maximum Gasteiger partial charge on any atom is 0.194 e. The third-order valence-corrected chi connectivity index (χ3v) is 4.75. The maximum absolute atomic E-state index is 5.34. The van der Waals surface area contributed by atoms with Crippen LogP contribution in [0.25, 0.3) is 0 Å². The van der Waals surface area contributed by atoms with Gasteiger partial charge in [0.2, 0.25) is 0 Å². The smallest absolute Gasteiger partial charge is 0.194 e. The van der Waals surface area contributed by atoms with E-state index < -0.39 is 0 Å². The standard InChI is InChI=1S/C20H29N5O2.HI/c1-4-21-20(22-14-17-5-6-19(26-3)16(2)13-17)25-10-8-24(9-11-25)15-18-7-12-27-23-18;/h5-7,12-13H,4,8-11,14-15H2,1-3H3,(H,21,22);1H. The predicted octanol–water partition coefficient (Wildman–Crippen LogP) is 2.89. The lowest BCUT2D eigenvalue weighted by atomic mass is 10.1. The number of rotatable bonds is 6. The zero-order valence-corrected chi connectivity index (χ0v) is 19.2. The Morgan fingerprint density at radius 1 is 1.25 bits per heavy atom. The molecule has 2 aromatic rings. The molecule has 1 aromatic heterocycles. The van der Waals surface area contributed by atoms with Gasteiger partial charge in [-0.3, -0.25) is 4.90 Å². The van der Waals surface area contributed by atoms with Gasteiger partial charge >= 0.3 is 0 Å². The minimum atomic E-state index is 0. The fourth-order valence-electron chi connectivity index (χ4n) is 3.30. The molecule has 0 saturated carbocycles. The fraction of sp³-hybridized carbons (Fsp3) is 0.500. The van der Waals surface area contributed by atoms with E-state index in [1.165, 1.54) is 5.56 Å². The van der Waals surface area contributed by atoms with Gasteiger partial charge in [-0.25, -0.2) is 4.99 Å². The second-order valence-corrected chi connectivity index (χ2v) is 6.73. The number of ether oxygens (including phenoxy) is 1. The third kappa shape index (κ3) is 6.10. The van der Waals surface area contributed by atoms with Crippen molar-refractivity contribution < 1.29 is 9.26 Å². The fourth-order valence-corrected chi connectivity index (χ4v) is 3.30. The van der Waals surface area contributed by atoms with Crippen LogP contribution in [0.4, 0.5) is 0 Å². The number of benzene rings is 1. The Hall–Kier alpha value is -1.81. The number of aliphatic imine (C=N–C) groups is 1. The molecule has 154 valence electrons. The molecule has 0 bridgehead atoms. The first-order valence-corrected chi connectivity index (χ1v) is 9.48. The van der Waals surface area contributed by atoms with Gasteiger partial charge in [-0.1, -0.05) is 17.3 Å². The van der Waals surface area contributed by atoms with Gasteiger partial charge in [0, 0.05) is 45.3 Å². The molecular weight excluding hydrogens is 469 g/mol. The lowest BCUT2D eigenvalue weighted by Gasteiger charge is -2.36. The molecule has 3 rings (SSSR count). The normalized spacial score (nSPS) is 15.2. The van der Waals surface area contributed by atoms with E-state index in [1.807, 2.05) is 12.1 Å². The van der Waals surface area contributed by atoms with Crippen LogP contribution in [-0.4, -0.2) is 60.7 Å². The van der Waals surface area contributed by atoms with Gasteiger partial charge < -0.3 is 19.5 Å². The summed E-state index contributed by atoms with van der Waals surface area (Å²) in [4.78, 5) is 9.58. The van der Waals surface area contributed by atoms with Crippen LogP contribution in [0.1, 0.15) is 23.7 Å². The molecule has 1 fully saturated rings. The van der Waals surface area contributed by atoms with Crippen molar-refractivity contribution in [3.8, 4) is 5.75 Å². The minimum Gasteiger partial charge on any atom is -0.496 e. The highest BCUT2D eigenvalue weighted by Crippen LogP contribution is 2.19. The summed E-state index contributed by atoms with van der Waals surface area (Å²) in [6.45, 7) is 10.4. The summed E-state index contributed by atoms with van der Waals surface area (Å²) in [5.41, 5.74) is 3.31. The van der Waals surface area contributed by atoms with Crippen LogP contribution in [0.2, 0.25) is 0 Å². The average molecular weight is 499 g/mol. The van der Waals surface area contributed by atoms with Crippen molar-refractivity contribution in [2.75, 3.05) is 39.8 Å². The lowest BCUT2D eigenvalue weighted by molar-refractivity contribution is 0.169. The zero-order chi connectivity index (χ0) is 19.1. The Morgan fingerprint density at radius 2 is 2.04 bits per heavy atom. The first kappa shape index (κ1) is 22.5. The maximum atomic E-state index is 5.34. The summed E-state index contributed by atoms with van der Waals surface area (Å²) in [7, 11) is 1.70. The molecule has 0 unspecified atom stereocenters. The van der Waals surface area contributed by atoms with Crippen molar-refractivity contribution >= 4 is 29.9 Å². The largest absolute Gasteiger partial charge is 0.496 e. The van der Waals surface area contributed by atoms with Crippen LogP contribution in [0.5, 0.6) is 5.75 Å². The lowest BCUT2D eigenvalue weighted by Crippen LogP contribution is -2.52. The number of aromatic nitrogens is 1. The minimum absolute atomic E-state index is 0. The van der Waals surface area contributed by atoms with Gasteiger partial charge in [0.1, 0.15) is 12.0 Å². The van der Waals surface area contributed by atoms with Crippen LogP contribution in [0.3, 0.4) is 0 Å². The van der Waals surface area contributed by atoms with E-state index in [9.17, 15) is 0 Å². The quantitative estimate of drug-likeness (QED) is 0.375. The Kier molecular flexibility index (Phi) is 9.04. The number of guanidine groups is 1. The van der Waals surface area contributed by atoms with Gasteiger partial charge in [0.25, 0.3) is 0 Å². The van der Waals surface area contributed by atoms with Crippen LogP contribution < -0.4 is 10.1 Å². The number of nitrogens with zero attached hydrogens (tertiary/aromatic N) is 4. The summed E-state index contributed by atoms with van der Waals surface area (Å²) in [5, 5.41) is 7.43. The first-order chi connectivity index (χ1) is 13.2. The molecule has 0 atom stereocenters. The molecule has 0 spiro atoms. The van der Waals surface area contributed by atoms with E-state index in [-0.39, 0.29) is 24.0 Å². The Labute approximate surface area is 184 Å². The molecule has 28 heavy (non-hydrogen) atoms. The van der Waals surface area contributed by atoms with Crippen molar-refractivity contribution in [1.82, 2.24) is 20.3 Å². The molecule has 0 aliphatic carbocycles. The number of piperazine rings is 1. The topological polar surface area (TPSA) is 66.1 Å². The van der Waals surface area contributed by atoms with E-state index in [0.29, 0.717) is 6.54 Å². The first-order valence-electron chi connectivity index (χ1n) is 9.48. The molecule has 1 aliphatic heterocycles. The SMILES string of the molecule is CCNC(=NCc1ccc(OC)c(C)c1)N1CCN(Cc2ccon2)CC1.I. The highest BCUT2D eigenvalue weighted by atomic mass is 127. The Morgan fingerprint density at radius 3 is 2.64 bits per heavy atom. The average Bonchev–Trinajstić information content (AvgIpc) is 3.19. The van der Waals surface area contributed by atoms with E-state index in [1.54, 1.807) is 13.4 Å². The van der Waals surface area contributed by atoms with Crippen molar-refractivity contribution in [1.29, 1.82) is 0 Å². The van der Waals surface area contributed by atoms with Crippen molar-refractivity contribution in [3.05, 3.63) is 47.3 Å². The van der Waals surface area contributed by atoms with E-state index in [2.05, 4.69) is 46.3 Å². The van der Waals surface area contributed by atoms with Crippen LogP contribution in [0.15, 0.2) is 40.0 Å². The highest BCUT2D eigenvalue weighted by molar-refractivity contribution is 14.0. The van der Waals surface area contributed by atoms with Crippen molar-refractivity contribution in [3.63, 3.8) is 0 Å². The van der Waals surface area contributed by atoms with E-state index in [0.717, 1.165) is 62.2 Å². The van der Waals surface area contributed by atoms with E-state index in [4.69, 9.17) is 14.3 Å². The van der Waals surface area contributed by atoms with Crippen LogP contribution in [0, 0.1) is 6.92 Å². The molecular formula is C20H30IN5O2. The monoisotopic (exact) mass is 499 g/mol. The summed E-state index contributed by atoms with van der Waals surface area (Å²) in [5.74, 6) is 1.89. The van der Waals surface area contributed by atoms with Gasteiger partial charge in [-0.2, -0.15) is 0 Å². The zero-order valence-electron chi connectivity index (χ0n) is 16.9. The molecule has 1 aliphatic rings. The van der Waals surface area contributed by atoms with Gasteiger partial charge in [-0.15, -0.1) is 24.0 Å². The summed E-state index contributed by atoms with van der Waals surface area (Å²) < 4.78 is 10.3. The molecule has 8 heteroatoms. The highest BCUT2D eigenvalue weighted by Gasteiger charge is 2.20. The second kappa shape index (κ2) is 11.3. The van der Waals surface area contributed by atoms with Crippen molar-refractivity contribution in [2.24, 2.45) is 4.99 Å². The summed E-state index contributed by atoms with van der Waals surface area (Å²) in [6, 6.07) is 8.15. The van der Waals surface area contributed by atoms with Crippen molar-refractivity contribution in [2.45, 2.75) is 26.9 Å². The molecule has 1 N–H and O–H groups in total. The Balaban J connectivity index is 0.00000280. The predicted molar refractivity (Wildman–Crippen MR) is 121 cm³/mol.